The van der Waals surface area contributed by atoms with Gasteiger partial charge in [0.25, 0.3) is 0 Å². The summed E-state index contributed by atoms with van der Waals surface area (Å²) in [5.41, 5.74) is 0.440. The number of halogens is 4. The molecule has 0 aromatic heterocycles. The number of carbonyl (C=O) groups excluding carboxylic acids is 2. The van der Waals surface area contributed by atoms with Crippen molar-refractivity contribution in [3.8, 4) is 0 Å². The van der Waals surface area contributed by atoms with Crippen LogP contribution in [0.5, 0.6) is 0 Å². The van der Waals surface area contributed by atoms with Crippen LogP contribution in [0.4, 0.5) is 24.5 Å². The van der Waals surface area contributed by atoms with Gasteiger partial charge in [0.2, 0.25) is 0 Å². The number of hydrogen-bond donors (Lipinski definition) is 2. The molecule has 0 aliphatic rings. The van der Waals surface area contributed by atoms with Crippen LogP contribution < -0.4 is 10.6 Å². The molecule has 8 heteroatoms. The molecule has 0 spiro atoms. The summed E-state index contributed by atoms with van der Waals surface area (Å²) < 4.78 is 39.0. The summed E-state index contributed by atoms with van der Waals surface area (Å²) in [6.45, 7) is 3.62. The van der Waals surface area contributed by atoms with E-state index < -0.39 is 29.2 Å². The minimum Gasteiger partial charge on any atom is -0.318 e. The standard InChI is InChI=1S/C17H14ClF3N2O2/c1-9-5-10(2)7-12(6-9)22-15(24)16(25)23-14-4-3-11(18)8-13(14)17(19,20)21/h3-8H,1-2H3,(H,22,24)(H,23,25). The average Bonchev–Trinajstić information content (AvgIpc) is 2.46. The molecule has 0 unspecified atom stereocenters. The third-order valence-corrected chi connectivity index (χ3v) is 3.46. The largest absolute Gasteiger partial charge is 0.418 e. The topological polar surface area (TPSA) is 58.2 Å². The molecule has 0 heterocycles. The molecule has 0 radical (unpaired) electrons. The van der Waals surface area contributed by atoms with Crippen LogP contribution in [0.25, 0.3) is 0 Å². The van der Waals surface area contributed by atoms with E-state index in [-0.39, 0.29) is 5.02 Å². The van der Waals surface area contributed by atoms with Gasteiger partial charge in [-0.2, -0.15) is 13.2 Å². The van der Waals surface area contributed by atoms with Crippen molar-refractivity contribution in [2.45, 2.75) is 20.0 Å². The highest BCUT2D eigenvalue weighted by Crippen LogP contribution is 2.36. The zero-order chi connectivity index (χ0) is 18.8. The van der Waals surface area contributed by atoms with E-state index in [1.54, 1.807) is 12.1 Å². The fourth-order valence-electron chi connectivity index (χ4n) is 2.27. The first kappa shape index (κ1) is 18.8. The predicted molar refractivity (Wildman–Crippen MR) is 89.6 cm³/mol. The summed E-state index contributed by atoms with van der Waals surface area (Å²) in [4.78, 5) is 23.9. The molecule has 0 aliphatic heterocycles. The van der Waals surface area contributed by atoms with Gasteiger partial charge >= 0.3 is 18.0 Å². The summed E-state index contributed by atoms with van der Waals surface area (Å²) in [7, 11) is 0. The minimum atomic E-state index is -4.72. The van der Waals surface area contributed by atoms with Crippen LogP contribution in [-0.2, 0) is 15.8 Å². The fraction of sp³-hybridized carbons (Fsp3) is 0.176. The Morgan fingerprint density at radius 2 is 1.48 bits per heavy atom. The molecule has 2 aromatic rings. The molecule has 2 N–H and O–H groups in total. The van der Waals surface area contributed by atoms with Gasteiger partial charge in [-0.25, -0.2) is 0 Å². The van der Waals surface area contributed by atoms with Crippen molar-refractivity contribution in [1.29, 1.82) is 0 Å². The molecule has 2 amide bonds. The quantitative estimate of drug-likeness (QED) is 0.762. The molecule has 0 bridgehead atoms. The van der Waals surface area contributed by atoms with Crippen molar-refractivity contribution < 1.29 is 22.8 Å². The number of hydrogen-bond acceptors (Lipinski definition) is 2. The molecule has 25 heavy (non-hydrogen) atoms. The molecular formula is C17H14ClF3N2O2. The summed E-state index contributed by atoms with van der Waals surface area (Å²) in [6, 6.07) is 8.02. The van der Waals surface area contributed by atoms with Crippen LogP contribution in [0, 0.1) is 13.8 Å². The first-order valence-corrected chi connectivity index (χ1v) is 7.51. The zero-order valence-corrected chi connectivity index (χ0v) is 14.0. The number of benzene rings is 2. The predicted octanol–water partition coefficient (Wildman–Crippen LogP) is 4.55. The van der Waals surface area contributed by atoms with E-state index in [1.165, 1.54) is 6.07 Å². The Morgan fingerprint density at radius 3 is 2.04 bits per heavy atom. The highest BCUT2D eigenvalue weighted by Gasteiger charge is 2.34. The number of amides is 2. The number of alkyl halides is 3. The Bertz CT molecular complexity index is 815. The lowest BCUT2D eigenvalue weighted by Gasteiger charge is -2.14. The van der Waals surface area contributed by atoms with Gasteiger partial charge in [0, 0.05) is 10.7 Å². The van der Waals surface area contributed by atoms with Gasteiger partial charge in [0.1, 0.15) is 0 Å². The summed E-state index contributed by atoms with van der Waals surface area (Å²) in [5, 5.41) is 4.18. The SMILES string of the molecule is Cc1cc(C)cc(NC(=O)C(=O)Nc2ccc(Cl)cc2C(F)(F)F)c1. The van der Waals surface area contributed by atoms with Gasteiger partial charge in [-0.1, -0.05) is 17.7 Å². The van der Waals surface area contributed by atoms with E-state index in [2.05, 4.69) is 5.32 Å². The van der Waals surface area contributed by atoms with Crippen molar-refractivity contribution in [1.82, 2.24) is 0 Å². The molecule has 0 saturated heterocycles. The molecule has 0 atom stereocenters. The van der Waals surface area contributed by atoms with Gasteiger partial charge in [-0.05, 0) is 55.3 Å². The average molecular weight is 371 g/mol. The van der Waals surface area contributed by atoms with Crippen molar-refractivity contribution >= 4 is 34.8 Å². The first-order chi connectivity index (χ1) is 11.6. The van der Waals surface area contributed by atoms with Crippen LogP contribution in [0.1, 0.15) is 16.7 Å². The number of rotatable bonds is 2. The van der Waals surface area contributed by atoms with Crippen molar-refractivity contribution in [2.75, 3.05) is 10.6 Å². The normalized spacial score (nSPS) is 11.1. The molecule has 0 saturated carbocycles. The third kappa shape index (κ3) is 4.96. The van der Waals surface area contributed by atoms with Gasteiger partial charge in [0.15, 0.2) is 0 Å². The monoisotopic (exact) mass is 370 g/mol. The maximum absolute atomic E-state index is 13.0. The molecule has 0 aliphatic carbocycles. The lowest BCUT2D eigenvalue weighted by molar-refractivity contribution is -0.137. The number of aryl methyl sites for hydroxylation is 2. The maximum Gasteiger partial charge on any atom is 0.418 e. The minimum absolute atomic E-state index is 0.134. The van der Waals surface area contributed by atoms with Crippen LogP contribution >= 0.6 is 11.6 Å². The van der Waals surface area contributed by atoms with Gasteiger partial charge < -0.3 is 10.6 Å². The van der Waals surface area contributed by atoms with E-state index in [0.717, 1.165) is 17.2 Å². The Balaban J connectivity index is 2.18. The molecule has 0 fully saturated rings. The fourth-order valence-corrected chi connectivity index (χ4v) is 2.45. The van der Waals surface area contributed by atoms with Crippen LogP contribution in [-0.4, -0.2) is 11.8 Å². The van der Waals surface area contributed by atoms with Crippen molar-refractivity contribution in [3.05, 3.63) is 58.1 Å². The van der Waals surface area contributed by atoms with E-state index in [1.807, 2.05) is 25.2 Å². The van der Waals surface area contributed by atoms with Gasteiger partial charge in [-0.15, -0.1) is 0 Å². The van der Waals surface area contributed by atoms with E-state index in [4.69, 9.17) is 11.6 Å². The summed E-state index contributed by atoms with van der Waals surface area (Å²) in [6.07, 6.45) is -4.72. The summed E-state index contributed by atoms with van der Waals surface area (Å²) in [5.74, 6) is -2.29. The second-order valence-corrected chi connectivity index (χ2v) is 5.91. The van der Waals surface area contributed by atoms with Crippen LogP contribution in [0.3, 0.4) is 0 Å². The molecular weight excluding hydrogens is 357 g/mol. The maximum atomic E-state index is 13.0. The Morgan fingerprint density at radius 1 is 0.920 bits per heavy atom. The second-order valence-electron chi connectivity index (χ2n) is 5.47. The lowest BCUT2D eigenvalue weighted by Crippen LogP contribution is -2.30. The lowest BCUT2D eigenvalue weighted by atomic mass is 10.1. The molecule has 2 aromatic carbocycles. The van der Waals surface area contributed by atoms with Crippen LogP contribution in [0.2, 0.25) is 5.02 Å². The van der Waals surface area contributed by atoms with Crippen molar-refractivity contribution in [3.63, 3.8) is 0 Å². The summed E-state index contributed by atoms with van der Waals surface area (Å²) >= 11 is 5.57. The Kier molecular flexibility index (Phi) is 5.37. The van der Waals surface area contributed by atoms with Crippen LogP contribution in [0.15, 0.2) is 36.4 Å². The smallest absolute Gasteiger partial charge is 0.318 e. The van der Waals surface area contributed by atoms with Gasteiger partial charge in [0.05, 0.1) is 11.3 Å². The molecule has 2 rings (SSSR count). The number of carbonyl (C=O) groups is 2. The van der Waals surface area contributed by atoms with Gasteiger partial charge in [-0.3, -0.25) is 9.59 Å². The second kappa shape index (κ2) is 7.14. The van der Waals surface area contributed by atoms with E-state index in [9.17, 15) is 22.8 Å². The molecule has 132 valence electrons. The number of nitrogens with one attached hydrogen (secondary N) is 2. The highest BCUT2D eigenvalue weighted by atomic mass is 35.5. The number of anilines is 2. The van der Waals surface area contributed by atoms with E-state index >= 15 is 0 Å². The Hall–Kier alpha value is -2.54. The van der Waals surface area contributed by atoms with E-state index in [0.29, 0.717) is 11.8 Å². The van der Waals surface area contributed by atoms with Crippen molar-refractivity contribution in [2.24, 2.45) is 0 Å². The zero-order valence-electron chi connectivity index (χ0n) is 13.3. The Labute approximate surface area is 147 Å². The molecule has 4 nitrogen and oxygen atoms in total. The first-order valence-electron chi connectivity index (χ1n) is 7.13. The third-order valence-electron chi connectivity index (χ3n) is 3.22. The highest BCUT2D eigenvalue weighted by molar-refractivity contribution is 6.43.